The molecule has 2 aromatic carbocycles. The highest BCUT2D eigenvalue weighted by Gasteiger charge is 2.13. The molecular formula is C19H21NO4. The van der Waals surface area contributed by atoms with Gasteiger partial charge in [-0.3, -0.25) is 0 Å². The first kappa shape index (κ1) is 17.5. The average Bonchev–Trinajstić information content (AvgIpc) is 2.56. The highest BCUT2D eigenvalue weighted by Crippen LogP contribution is 2.26. The Balaban J connectivity index is 2.15. The molecule has 24 heavy (non-hydrogen) atoms. The molecule has 2 rings (SSSR count). The van der Waals surface area contributed by atoms with Gasteiger partial charge in [0.05, 0.1) is 0 Å². The second-order valence-corrected chi connectivity index (χ2v) is 5.37. The molecular weight excluding hydrogens is 306 g/mol. The number of benzene rings is 2. The minimum Gasteiger partial charge on any atom is -0.488 e. The summed E-state index contributed by atoms with van der Waals surface area (Å²) in [4.78, 5) is 16.6. The third kappa shape index (κ3) is 4.35. The van der Waals surface area contributed by atoms with Crippen molar-refractivity contribution in [2.45, 2.75) is 27.4 Å². The lowest BCUT2D eigenvalue weighted by atomic mass is 10.1. The molecule has 5 heteroatoms. The third-order valence-electron chi connectivity index (χ3n) is 3.48. The molecule has 126 valence electrons. The molecule has 0 aliphatic carbocycles. The van der Waals surface area contributed by atoms with Gasteiger partial charge in [-0.05, 0) is 38.0 Å². The van der Waals surface area contributed by atoms with E-state index in [9.17, 15) is 4.79 Å². The fourth-order valence-electron chi connectivity index (χ4n) is 2.25. The van der Waals surface area contributed by atoms with E-state index in [-0.39, 0.29) is 5.71 Å². The molecule has 0 unspecified atom stereocenters. The van der Waals surface area contributed by atoms with Crippen LogP contribution >= 0.6 is 0 Å². The fraction of sp³-hybridized carbons (Fsp3) is 0.263. The van der Waals surface area contributed by atoms with Crippen LogP contribution < -0.4 is 9.47 Å². The molecule has 0 amide bonds. The topological polar surface area (TPSA) is 57.1 Å². The highest BCUT2D eigenvalue weighted by molar-refractivity contribution is 6.35. The molecule has 0 saturated heterocycles. The van der Waals surface area contributed by atoms with E-state index in [4.69, 9.17) is 9.47 Å². The molecule has 0 fully saturated rings. The number of oxime groups is 1. The predicted molar refractivity (Wildman–Crippen MR) is 92.4 cm³/mol. The quantitative estimate of drug-likeness (QED) is 0.350. The number of carbonyl (C=O) groups excluding carboxylic acids is 1. The van der Waals surface area contributed by atoms with E-state index < -0.39 is 5.97 Å². The monoisotopic (exact) mass is 327 g/mol. The summed E-state index contributed by atoms with van der Waals surface area (Å²) in [5.41, 5.74) is 3.04. The standard InChI is InChI=1S/C19H21NO4/c1-13-8-7-9-14(2)18(13)23-12-16-10-5-6-11-17(16)24-19(21)15(3)20-22-4/h5-11H,12H2,1-4H3. The van der Waals surface area contributed by atoms with Crippen LogP contribution in [0, 0.1) is 13.8 Å². The first-order valence-corrected chi connectivity index (χ1v) is 7.59. The SMILES string of the molecule is CON=C(C)C(=O)Oc1ccccc1COc1c(C)cccc1C. The van der Waals surface area contributed by atoms with Crippen LogP contribution in [-0.2, 0) is 16.2 Å². The molecule has 0 heterocycles. The van der Waals surface area contributed by atoms with Gasteiger partial charge in [-0.1, -0.05) is 41.6 Å². The first-order chi connectivity index (χ1) is 11.5. The Kier molecular flexibility index (Phi) is 5.95. The van der Waals surface area contributed by atoms with Gasteiger partial charge in [0.25, 0.3) is 0 Å². The van der Waals surface area contributed by atoms with Gasteiger partial charge in [0.15, 0.2) is 5.71 Å². The third-order valence-corrected chi connectivity index (χ3v) is 3.48. The summed E-state index contributed by atoms with van der Waals surface area (Å²) in [7, 11) is 1.38. The van der Waals surface area contributed by atoms with Crippen LogP contribution in [0.25, 0.3) is 0 Å². The van der Waals surface area contributed by atoms with E-state index in [1.165, 1.54) is 14.0 Å². The van der Waals surface area contributed by atoms with Gasteiger partial charge in [-0.25, -0.2) is 4.79 Å². The molecule has 2 aromatic rings. The lowest BCUT2D eigenvalue weighted by Gasteiger charge is -2.14. The van der Waals surface area contributed by atoms with Gasteiger partial charge in [-0.15, -0.1) is 0 Å². The smallest absolute Gasteiger partial charge is 0.361 e. The van der Waals surface area contributed by atoms with Crippen molar-refractivity contribution in [2.24, 2.45) is 5.16 Å². The lowest BCUT2D eigenvalue weighted by molar-refractivity contribution is -0.127. The number of nitrogens with zero attached hydrogens (tertiary/aromatic N) is 1. The van der Waals surface area contributed by atoms with E-state index in [0.29, 0.717) is 12.4 Å². The largest absolute Gasteiger partial charge is 0.488 e. The summed E-state index contributed by atoms with van der Waals surface area (Å²) in [6.07, 6.45) is 0. The zero-order valence-electron chi connectivity index (χ0n) is 14.3. The maximum absolute atomic E-state index is 12.0. The molecule has 0 saturated carbocycles. The van der Waals surface area contributed by atoms with Gasteiger partial charge < -0.3 is 14.3 Å². The summed E-state index contributed by atoms with van der Waals surface area (Å²) in [5.74, 6) is 0.728. The number of aryl methyl sites for hydroxylation is 2. The predicted octanol–water partition coefficient (Wildman–Crippen LogP) is 3.81. The lowest BCUT2D eigenvalue weighted by Crippen LogP contribution is -2.18. The molecule has 0 aliphatic rings. The van der Waals surface area contributed by atoms with Crippen molar-refractivity contribution in [1.29, 1.82) is 0 Å². The molecule has 5 nitrogen and oxygen atoms in total. The van der Waals surface area contributed by atoms with Crippen molar-refractivity contribution in [3.8, 4) is 11.5 Å². The first-order valence-electron chi connectivity index (χ1n) is 7.59. The summed E-state index contributed by atoms with van der Waals surface area (Å²) >= 11 is 0. The Labute approximate surface area is 141 Å². The number of esters is 1. The Morgan fingerprint density at radius 2 is 1.71 bits per heavy atom. The summed E-state index contributed by atoms with van der Waals surface area (Å²) in [6, 6.07) is 13.2. The van der Waals surface area contributed by atoms with E-state index in [0.717, 1.165) is 22.4 Å². The van der Waals surface area contributed by atoms with Crippen molar-refractivity contribution >= 4 is 11.7 Å². The number of hydrogen-bond acceptors (Lipinski definition) is 5. The van der Waals surface area contributed by atoms with Crippen LogP contribution in [0.5, 0.6) is 11.5 Å². The molecule has 0 spiro atoms. The summed E-state index contributed by atoms with van der Waals surface area (Å²) < 4.78 is 11.3. The van der Waals surface area contributed by atoms with Gasteiger partial charge in [-0.2, -0.15) is 0 Å². The Morgan fingerprint density at radius 3 is 2.38 bits per heavy atom. The van der Waals surface area contributed by atoms with Crippen molar-refractivity contribution in [2.75, 3.05) is 7.11 Å². The maximum atomic E-state index is 12.0. The minimum absolute atomic E-state index is 0.142. The highest BCUT2D eigenvalue weighted by atomic mass is 16.6. The molecule has 0 atom stereocenters. The molecule has 0 aliphatic heterocycles. The van der Waals surface area contributed by atoms with Gasteiger partial charge in [0, 0.05) is 5.56 Å². The maximum Gasteiger partial charge on any atom is 0.361 e. The van der Waals surface area contributed by atoms with Crippen LogP contribution in [0.2, 0.25) is 0 Å². The second kappa shape index (κ2) is 8.15. The van der Waals surface area contributed by atoms with Gasteiger partial charge in [0.1, 0.15) is 25.2 Å². The molecule has 0 aromatic heterocycles. The van der Waals surface area contributed by atoms with E-state index in [1.54, 1.807) is 12.1 Å². The van der Waals surface area contributed by atoms with Crippen LogP contribution in [0.4, 0.5) is 0 Å². The number of para-hydroxylation sites is 2. The minimum atomic E-state index is -0.559. The van der Waals surface area contributed by atoms with Gasteiger partial charge in [0.2, 0.25) is 0 Å². The number of ether oxygens (including phenoxy) is 2. The Hall–Kier alpha value is -2.82. The van der Waals surface area contributed by atoms with Crippen molar-refractivity contribution < 1.29 is 19.1 Å². The van der Waals surface area contributed by atoms with Crippen LogP contribution in [0.1, 0.15) is 23.6 Å². The number of hydrogen-bond donors (Lipinski definition) is 0. The van der Waals surface area contributed by atoms with Crippen molar-refractivity contribution in [1.82, 2.24) is 0 Å². The number of rotatable bonds is 6. The molecule has 0 N–H and O–H groups in total. The normalized spacial score (nSPS) is 11.1. The zero-order valence-corrected chi connectivity index (χ0v) is 14.3. The summed E-state index contributed by atoms with van der Waals surface area (Å²) in [6.45, 7) is 5.83. The Bertz CT molecular complexity index is 733. The average molecular weight is 327 g/mol. The Morgan fingerprint density at radius 1 is 1.04 bits per heavy atom. The van der Waals surface area contributed by atoms with E-state index in [1.807, 2.05) is 44.2 Å². The van der Waals surface area contributed by atoms with Crippen molar-refractivity contribution in [3.05, 3.63) is 59.2 Å². The van der Waals surface area contributed by atoms with Gasteiger partial charge >= 0.3 is 5.97 Å². The van der Waals surface area contributed by atoms with E-state index in [2.05, 4.69) is 9.99 Å². The van der Waals surface area contributed by atoms with Crippen LogP contribution in [-0.4, -0.2) is 18.8 Å². The molecule has 0 bridgehead atoms. The zero-order chi connectivity index (χ0) is 17.5. The number of carbonyl (C=O) groups is 1. The molecule has 0 radical (unpaired) electrons. The second-order valence-electron chi connectivity index (χ2n) is 5.37. The fourth-order valence-corrected chi connectivity index (χ4v) is 2.25. The van der Waals surface area contributed by atoms with Crippen LogP contribution in [0.3, 0.4) is 0 Å². The summed E-state index contributed by atoms with van der Waals surface area (Å²) in [5, 5.41) is 3.58. The van der Waals surface area contributed by atoms with Crippen LogP contribution in [0.15, 0.2) is 47.6 Å². The van der Waals surface area contributed by atoms with Crippen molar-refractivity contribution in [3.63, 3.8) is 0 Å². The van der Waals surface area contributed by atoms with E-state index >= 15 is 0 Å².